The first-order valence-corrected chi connectivity index (χ1v) is 11.4. The number of rotatable bonds is 5. The second-order valence-corrected chi connectivity index (χ2v) is 9.13. The molecule has 1 N–H and O–H groups in total. The molecule has 0 radical (unpaired) electrons. The third kappa shape index (κ3) is 4.47. The van der Waals surface area contributed by atoms with Gasteiger partial charge in [0.15, 0.2) is 0 Å². The molecule has 0 spiro atoms. The fourth-order valence-electron chi connectivity index (χ4n) is 3.55. The number of nitrogens with zero attached hydrogens (tertiary/aromatic N) is 3. The Labute approximate surface area is 181 Å². The van der Waals surface area contributed by atoms with Crippen LogP contribution in [0.25, 0.3) is 10.9 Å². The third-order valence-electron chi connectivity index (χ3n) is 5.33. The molecule has 4 rings (SSSR count). The van der Waals surface area contributed by atoms with Crippen LogP contribution in [0.3, 0.4) is 0 Å². The van der Waals surface area contributed by atoms with Gasteiger partial charge in [0.2, 0.25) is 0 Å². The van der Waals surface area contributed by atoms with Crippen LogP contribution in [-0.2, 0) is 10.0 Å². The quantitative estimate of drug-likeness (QED) is 0.655. The van der Waals surface area contributed by atoms with Crippen LogP contribution in [0.1, 0.15) is 10.4 Å². The second-order valence-electron chi connectivity index (χ2n) is 7.48. The summed E-state index contributed by atoms with van der Waals surface area (Å²) in [4.78, 5) is 21.0. The summed E-state index contributed by atoms with van der Waals surface area (Å²) in [6, 6.07) is 13.6. The van der Waals surface area contributed by atoms with Gasteiger partial charge in [-0.1, -0.05) is 18.2 Å². The number of methoxy groups -OCH3 is 1. The van der Waals surface area contributed by atoms with Gasteiger partial charge in [-0.3, -0.25) is 14.5 Å². The van der Waals surface area contributed by atoms with Crippen LogP contribution in [0, 0.1) is 0 Å². The van der Waals surface area contributed by atoms with Crippen molar-refractivity contribution in [1.82, 2.24) is 14.8 Å². The number of ether oxygens (including phenoxy) is 1. The van der Waals surface area contributed by atoms with Crippen LogP contribution in [0.4, 0.5) is 5.69 Å². The number of hydrogen-bond donors (Lipinski definition) is 1. The number of fused-ring (bicyclic) bond motifs is 1. The number of nitrogens with one attached hydrogen (secondary N) is 1. The zero-order valence-electron chi connectivity index (χ0n) is 17.4. The van der Waals surface area contributed by atoms with E-state index in [2.05, 4.69) is 14.6 Å². The van der Waals surface area contributed by atoms with E-state index in [9.17, 15) is 13.2 Å². The lowest BCUT2D eigenvalue weighted by molar-refractivity contribution is 0.0664. The predicted octanol–water partition coefficient (Wildman–Crippen LogP) is 2.43. The predicted molar refractivity (Wildman–Crippen MR) is 119 cm³/mol. The molecule has 1 fully saturated rings. The summed E-state index contributed by atoms with van der Waals surface area (Å²) in [5.74, 6) is -0.0317. The Morgan fingerprint density at radius 3 is 2.55 bits per heavy atom. The van der Waals surface area contributed by atoms with Crippen molar-refractivity contribution in [3.05, 3.63) is 60.3 Å². The fourth-order valence-corrected chi connectivity index (χ4v) is 4.78. The zero-order valence-corrected chi connectivity index (χ0v) is 18.2. The van der Waals surface area contributed by atoms with Crippen molar-refractivity contribution in [2.75, 3.05) is 45.1 Å². The highest BCUT2D eigenvalue weighted by Gasteiger charge is 2.25. The lowest BCUT2D eigenvalue weighted by Gasteiger charge is -2.32. The summed E-state index contributed by atoms with van der Waals surface area (Å²) in [5, 5.41) is 0.814. The number of aromatic nitrogens is 1. The molecule has 8 nitrogen and oxygen atoms in total. The minimum absolute atomic E-state index is 0.0943. The van der Waals surface area contributed by atoms with Gasteiger partial charge < -0.3 is 14.5 Å². The molecule has 31 heavy (non-hydrogen) atoms. The number of carbonyl (C=O) groups is 1. The molecule has 1 aliphatic rings. The average Bonchev–Trinajstić information content (AvgIpc) is 2.78. The lowest BCUT2D eigenvalue weighted by atomic mass is 10.1. The third-order valence-corrected chi connectivity index (χ3v) is 6.74. The van der Waals surface area contributed by atoms with Crippen molar-refractivity contribution >= 4 is 32.5 Å². The lowest BCUT2D eigenvalue weighted by Crippen LogP contribution is -2.47. The minimum Gasteiger partial charge on any atom is -0.495 e. The van der Waals surface area contributed by atoms with E-state index in [-0.39, 0.29) is 16.6 Å². The maximum Gasteiger partial charge on any atom is 0.265 e. The molecule has 1 aromatic heterocycles. The number of sulfonamides is 1. The number of likely N-dealkylation sites (N-methyl/N-ethyl adjacent to an activating group) is 1. The van der Waals surface area contributed by atoms with Crippen LogP contribution < -0.4 is 9.46 Å². The zero-order chi connectivity index (χ0) is 22.0. The van der Waals surface area contributed by atoms with E-state index >= 15 is 0 Å². The number of benzene rings is 2. The first kappa shape index (κ1) is 21.1. The van der Waals surface area contributed by atoms with Gasteiger partial charge in [0.05, 0.1) is 24.5 Å². The first-order chi connectivity index (χ1) is 14.9. The van der Waals surface area contributed by atoms with Crippen molar-refractivity contribution in [3.63, 3.8) is 0 Å². The van der Waals surface area contributed by atoms with Crippen molar-refractivity contribution in [2.45, 2.75) is 4.90 Å². The Balaban J connectivity index is 1.64. The number of para-hydroxylation sites is 1. The van der Waals surface area contributed by atoms with Gasteiger partial charge in [-0.25, -0.2) is 8.42 Å². The maximum atomic E-state index is 13.2. The number of anilines is 1. The van der Waals surface area contributed by atoms with Gasteiger partial charge in [0, 0.05) is 37.1 Å². The molecule has 1 aliphatic heterocycles. The van der Waals surface area contributed by atoms with Crippen LogP contribution in [0.2, 0.25) is 0 Å². The number of hydrogen-bond acceptors (Lipinski definition) is 6. The van der Waals surface area contributed by atoms with Crippen molar-refractivity contribution < 1.29 is 17.9 Å². The summed E-state index contributed by atoms with van der Waals surface area (Å²) in [7, 11) is -0.610. The van der Waals surface area contributed by atoms with E-state index in [4.69, 9.17) is 4.74 Å². The van der Waals surface area contributed by atoms with Gasteiger partial charge >= 0.3 is 0 Å². The van der Waals surface area contributed by atoms with E-state index in [0.29, 0.717) is 24.3 Å². The Morgan fingerprint density at radius 2 is 1.81 bits per heavy atom. The van der Waals surface area contributed by atoms with Crippen molar-refractivity contribution in [3.8, 4) is 5.75 Å². The molecule has 1 amide bonds. The molecule has 9 heteroatoms. The highest BCUT2D eigenvalue weighted by atomic mass is 32.2. The Hall–Kier alpha value is -3.17. The molecule has 2 aromatic carbocycles. The minimum atomic E-state index is -4.01. The maximum absolute atomic E-state index is 13.2. The standard InChI is InChI=1S/C22H24N4O4S/c1-25-9-11-26(12-10-25)22(27)17-7-8-20(30-2)21(14-17)31(28,29)24-18-13-16-5-3-4-6-19(16)23-15-18/h3-8,13-15,24H,9-12H2,1-2H3. The normalized spacial score (nSPS) is 15.1. The molecule has 0 unspecified atom stereocenters. The van der Waals surface area contributed by atoms with E-state index in [1.54, 1.807) is 17.0 Å². The van der Waals surface area contributed by atoms with Crippen LogP contribution in [-0.4, -0.2) is 69.4 Å². The molecule has 1 saturated heterocycles. The smallest absolute Gasteiger partial charge is 0.265 e. The molecule has 0 bridgehead atoms. The summed E-state index contributed by atoms with van der Waals surface area (Å²) in [6.07, 6.45) is 1.46. The molecule has 0 aliphatic carbocycles. The summed E-state index contributed by atoms with van der Waals surface area (Å²) in [5.41, 5.74) is 1.40. The topological polar surface area (TPSA) is 91.8 Å². The van der Waals surface area contributed by atoms with Crippen molar-refractivity contribution in [1.29, 1.82) is 0 Å². The molecular weight excluding hydrogens is 416 g/mol. The number of amides is 1. The molecule has 162 valence electrons. The van der Waals surface area contributed by atoms with Gasteiger partial charge in [-0.15, -0.1) is 0 Å². The average molecular weight is 441 g/mol. The second kappa shape index (κ2) is 8.52. The van der Waals surface area contributed by atoms with Gasteiger partial charge in [0.1, 0.15) is 10.6 Å². The Morgan fingerprint density at radius 1 is 1.06 bits per heavy atom. The van der Waals surface area contributed by atoms with Crippen molar-refractivity contribution in [2.24, 2.45) is 0 Å². The van der Waals surface area contributed by atoms with E-state index in [1.165, 1.54) is 25.4 Å². The summed E-state index contributed by atoms with van der Waals surface area (Å²) in [6.45, 7) is 2.77. The number of pyridine rings is 1. The molecule has 3 aromatic rings. The highest BCUT2D eigenvalue weighted by molar-refractivity contribution is 7.92. The number of carbonyl (C=O) groups excluding carboxylic acids is 1. The molecular formula is C22H24N4O4S. The molecule has 0 saturated carbocycles. The monoisotopic (exact) mass is 440 g/mol. The Kier molecular flexibility index (Phi) is 5.79. The molecule has 0 atom stereocenters. The SMILES string of the molecule is COc1ccc(C(=O)N2CCN(C)CC2)cc1S(=O)(=O)Nc1cnc2ccccc2c1. The van der Waals surface area contributed by atoms with E-state index < -0.39 is 10.0 Å². The summed E-state index contributed by atoms with van der Waals surface area (Å²) >= 11 is 0. The van der Waals surface area contributed by atoms with E-state index in [0.717, 1.165) is 24.0 Å². The van der Waals surface area contributed by atoms with Gasteiger partial charge in [0.25, 0.3) is 15.9 Å². The van der Waals surface area contributed by atoms with Gasteiger partial charge in [-0.05, 0) is 37.4 Å². The fraction of sp³-hybridized carbons (Fsp3) is 0.273. The van der Waals surface area contributed by atoms with Crippen LogP contribution in [0.5, 0.6) is 5.75 Å². The molecule has 2 heterocycles. The van der Waals surface area contributed by atoms with E-state index in [1.807, 2.05) is 31.3 Å². The van der Waals surface area contributed by atoms with Crippen LogP contribution in [0.15, 0.2) is 59.6 Å². The summed E-state index contributed by atoms with van der Waals surface area (Å²) < 4.78 is 34.1. The Bertz CT molecular complexity index is 1220. The highest BCUT2D eigenvalue weighted by Crippen LogP contribution is 2.28. The van der Waals surface area contributed by atoms with Crippen LogP contribution >= 0.6 is 0 Å². The first-order valence-electron chi connectivity index (χ1n) is 9.91. The number of piperazine rings is 1. The largest absolute Gasteiger partial charge is 0.495 e. The van der Waals surface area contributed by atoms with Gasteiger partial charge in [-0.2, -0.15) is 0 Å².